The fraction of sp³-hybridized carbons (Fsp3) is 0.320. The first-order chi connectivity index (χ1) is 17.4. The van der Waals surface area contributed by atoms with E-state index in [9.17, 15) is 4.79 Å². The molecule has 0 saturated carbocycles. The second-order valence-electron chi connectivity index (χ2n) is 8.41. The quantitative estimate of drug-likeness (QED) is 0.471. The molecular formula is C25H30N8O2S. The Bertz CT molecular complexity index is 1210. The number of carbonyl (C=O) groups excluding carboxylic acids is 1. The number of piperazine rings is 1. The molecule has 1 fully saturated rings. The molecule has 4 rings (SSSR count). The number of nitrogens with two attached hydrogens (primary N) is 1. The number of hydrogen-bond donors (Lipinski definition) is 2. The van der Waals surface area contributed by atoms with E-state index in [1.807, 2.05) is 24.3 Å². The lowest BCUT2D eigenvalue weighted by atomic mass is 10.1. The van der Waals surface area contributed by atoms with Gasteiger partial charge < -0.3 is 20.3 Å². The Labute approximate surface area is 215 Å². The summed E-state index contributed by atoms with van der Waals surface area (Å²) in [5.41, 5.74) is 8.66. The number of hydrogen-bond acceptors (Lipinski definition) is 10. The summed E-state index contributed by atoms with van der Waals surface area (Å²) in [7, 11) is 3.76. The van der Waals surface area contributed by atoms with Crippen molar-refractivity contribution in [1.82, 2.24) is 24.8 Å². The molecule has 0 spiro atoms. The summed E-state index contributed by atoms with van der Waals surface area (Å²) in [6.45, 7) is 5.27. The van der Waals surface area contributed by atoms with Gasteiger partial charge in [-0.15, -0.1) is 0 Å². The van der Waals surface area contributed by atoms with Crippen LogP contribution in [-0.2, 0) is 4.79 Å². The predicted molar refractivity (Wildman–Crippen MR) is 142 cm³/mol. The van der Waals surface area contributed by atoms with Crippen molar-refractivity contribution < 1.29 is 9.53 Å². The highest BCUT2D eigenvalue weighted by Crippen LogP contribution is 2.37. The molecule has 1 amide bonds. The van der Waals surface area contributed by atoms with Gasteiger partial charge in [-0.1, -0.05) is 42.5 Å². The molecule has 36 heavy (non-hydrogen) atoms. The van der Waals surface area contributed by atoms with Gasteiger partial charge in [-0.3, -0.25) is 10.1 Å². The van der Waals surface area contributed by atoms with Crippen molar-refractivity contribution in [3.05, 3.63) is 53.9 Å². The van der Waals surface area contributed by atoms with Gasteiger partial charge in [0.1, 0.15) is 17.0 Å². The number of carbonyl (C=O) groups is 1. The average molecular weight is 507 g/mol. The molecule has 3 heterocycles. The fourth-order valence-electron chi connectivity index (χ4n) is 3.64. The third-order valence-electron chi connectivity index (χ3n) is 5.63. The van der Waals surface area contributed by atoms with Gasteiger partial charge >= 0.3 is 0 Å². The van der Waals surface area contributed by atoms with Crippen LogP contribution in [0.25, 0.3) is 12.2 Å². The molecular weight excluding hydrogens is 476 g/mol. The molecule has 1 unspecified atom stereocenters. The summed E-state index contributed by atoms with van der Waals surface area (Å²) in [6, 6.07) is 11.5. The number of anilines is 2. The monoisotopic (exact) mass is 506 g/mol. The second kappa shape index (κ2) is 11.9. The van der Waals surface area contributed by atoms with E-state index in [4.69, 9.17) is 15.5 Å². The molecule has 2 aromatic heterocycles. The number of ether oxygens (including phenoxy) is 1. The molecule has 188 valence electrons. The maximum Gasteiger partial charge on any atom is 0.243 e. The van der Waals surface area contributed by atoms with E-state index in [2.05, 4.69) is 61.4 Å². The predicted octanol–water partition coefficient (Wildman–Crippen LogP) is 2.63. The Morgan fingerprint density at radius 1 is 1.14 bits per heavy atom. The Kier molecular flexibility index (Phi) is 8.47. The van der Waals surface area contributed by atoms with Crippen LogP contribution >= 0.6 is 11.8 Å². The highest BCUT2D eigenvalue weighted by molar-refractivity contribution is 7.99. The summed E-state index contributed by atoms with van der Waals surface area (Å²) in [5.74, 6) is 0.304. The summed E-state index contributed by atoms with van der Waals surface area (Å²) in [5, 5.41) is 3.64. The van der Waals surface area contributed by atoms with Gasteiger partial charge in [0.05, 0.1) is 13.2 Å². The van der Waals surface area contributed by atoms with Crippen LogP contribution in [0.4, 0.5) is 11.6 Å². The van der Waals surface area contributed by atoms with Crippen molar-refractivity contribution in [2.75, 3.05) is 50.6 Å². The van der Waals surface area contributed by atoms with Gasteiger partial charge in [-0.2, -0.15) is 4.98 Å². The van der Waals surface area contributed by atoms with Crippen molar-refractivity contribution in [1.29, 1.82) is 0 Å². The van der Waals surface area contributed by atoms with Gasteiger partial charge in [0.2, 0.25) is 17.7 Å². The summed E-state index contributed by atoms with van der Waals surface area (Å²) >= 11 is 1.26. The number of aromatic nitrogens is 4. The number of rotatable bonds is 8. The minimum Gasteiger partial charge on any atom is -0.479 e. The normalized spacial score (nSPS) is 15.2. The van der Waals surface area contributed by atoms with E-state index in [1.54, 1.807) is 14.0 Å². The van der Waals surface area contributed by atoms with Crippen molar-refractivity contribution in [2.24, 2.45) is 5.73 Å². The van der Waals surface area contributed by atoms with E-state index in [0.29, 0.717) is 16.1 Å². The zero-order valence-electron chi connectivity index (χ0n) is 20.6. The van der Waals surface area contributed by atoms with Gasteiger partial charge in [0.15, 0.2) is 5.16 Å². The van der Waals surface area contributed by atoms with Crippen molar-refractivity contribution in [2.45, 2.75) is 23.1 Å². The largest absolute Gasteiger partial charge is 0.479 e. The van der Waals surface area contributed by atoms with Gasteiger partial charge in [-0.25, -0.2) is 15.0 Å². The number of nitrogens with zero attached hydrogens (tertiary/aromatic N) is 6. The SMILES string of the molecule is COc1nc(Sc2ncnc(NC(=O)C(C)N)n2)cc(/C=C/c2ccccc2)c1N1CCN(C)CC1. The minimum atomic E-state index is -0.676. The summed E-state index contributed by atoms with van der Waals surface area (Å²) in [4.78, 5) is 33.9. The lowest BCUT2D eigenvalue weighted by molar-refractivity contribution is -0.117. The Morgan fingerprint density at radius 2 is 1.89 bits per heavy atom. The number of amides is 1. The van der Waals surface area contributed by atoms with Crippen molar-refractivity contribution in [3.63, 3.8) is 0 Å². The molecule has 10 nitrogen and oxygen atoms in total. The minimum absolute atomic E-state index is 0.139. The van der Waals surface area contributed by atoms with Gasteiger partial charge in [0, 0.05) is 31.7 Å². The standard InChI is InChI=1S/C25H30N8O2S/c1-17(26)22(34)30-24-27-16-28-25(31-24)36-20-15-19(10-9-18-7-5-4-6-8-18)21(23(29-20)35-3)33-13-11-32(2)12-14-33/h4-10,15-17H,11-14,26H2,1-3H3,(H,27,28,30,31,34)/b10-9+. The van der Waals surface area contributed by atoms with Crippen LogP contribution in [0.5, 0.6) is 5.88 Å². The first-order valence-electron chi connectivity index (χ1n) is 11.6. The molecule has 11 heteroatoms. The Hall–Kier alpha value is -3.54. The zero-order chi connectivity index (χ0) is 25.5. The van der Waals surface area contributed by atoms with Crippen LogP contribution in [0.15, 0.2) is 52.9 Å². The van der Waals surface area contributed by atoms with E-state index in [1.165, 1.54) is 18.1 Å². The van der Waals surface area contributed by atoms with E-state index >= 15 is 0 Å². The topological polar surface area (TPSA) is 122 Å². The van der Waals surface area contributed by atoms with Crippen molar-refractivity contribution >= 4 is 41.5 Å². The highest BCUT2D eigenvalue weighted by Gasteiger charge is 2.23. The zero-order valence-corrected chi connectivity index (χ0v) is 21.4. The van der Waals surface area contributed by atoms with Crippen molar-refractivity contribution in [3.8, 4) is 5.88 Å². The van der Waals surface area contributed by atoms with Crippen LogP contribution in [0.3, 0.4) is 0 Å². The molecule has 1 aliphatic heterocycles. The molecule has 3 aromatic rings. The first-order valence-corrected chi connectivity index (χ1v) is 12.4. The van der Waals surface area contributed by atoms with E-state index < -0.39 is 6.04 Å². The fourth-order valence-corrected chi connectivity index (χ4v) is 4.37. The van der Waals surface area contributed by atoms with E-state index in [0.717, 1.165) is 43.0 Å². The third-order valence-corrected chi connectivity index (χ3v) is 6.43. The van der Waals surface area contributed by atoms with Crippen LogP contribution in [0.1, 0.15) is 18.1 Å². The first kappa shape index (κ1) is 25.5. The highest BCUT2D eigenvalue weighted by atomic mass is 32.2. The van der Waals surface area contributed by atoms with Crippen LogP contribution < -0.4 is 20.7 Å². The summed E-state index contributed by atoms with van der Waals surface area (Å²) in [6.07, 6.45) is 5.50. The number of nitrogens with one attached hydrogen (secondary N) is 1. The smallest absolute Gasteiger partial charge is 0.243 e. The second-order valence-corrected chi connectivity index (χ2v) is 9.40. The molecule has 0 radical (unpaired) electrons. The molecule has 1 saturated heterocycles. The maximum absolute atomic E-state index is 11.9. The lowest BCUT2D eigenvalue weighted by Crippen LogP contribution is -2.45. The molecule has 0 aliphatic carbocycles. The number of methoxy groups -OCH3 is 1. The molecule has 1 aromatic carbocycles. The van der Waals surface area contributed by atoms with Crippen LogP contribution in [0, 0.1) is 0 Å². The summed E-state index contributed by atoms with van der Waals surface area (Å²) < 4.78 is 5.76. The Balaban J connectivity index is 1.68. The van der Waals surface area contributed by atoms with Gasteiger partial charge in [0.25, 0.3) is 0 Å². The van der Waals surface area contributed by atoms with Crippen LogP contribution in [0.2, 0.25) is 0 Å². The van der Waals surface area contributed by atoms with E-state index in [-0.39, 0.29) is 11.9 Å². The average Bonchev–Trinajstić information content (AvgIpc) is 2.88. The Morgan fingerprint density at radius 3 is 2.58 bits per heavy atom. The van der Waals surface area contributed by atoms with Gasteiger partial charge in [-0.05, 0) is 37.4 Å². The molecule has 3 N–H and O–H groups in total. The van der Waals surface area contributed by atoms with Crippen LogP contribution in [-0.4, -0.2) is 77.1 Å². The number of benzene rings is 1. The maximum atomic E-state index is 11.9. The molecule has 1 aliphatic rings. The molecule has 1 atom stereocenters. The number of likely N-dealkylation sites (N-methyl/N-ethyl adjacent to an activating group) is 1. The number of pyridine rings is 1. The lowest BCUT2D eigenvalue weighted by Gasteiger charge is -2.35. The third kappa shape index (κ3) is 6.56. The molecule has 0 bridgehead atoms.